The number of rotatable bonds is 3. The second kappa shape index (κ2) is 5.76. The molecular weight excluding hydrogens is 262 g/mol. The van der Waals surface area contributed by atoms with Gasteiger partial charge in [0.05, 0.1) is 17.7 Å². The second-order valence-electron chi connectivity index (χ2n) is 4.11. The van der Waals surface area contributed by atoms with Gasteiger partial charge in [-0.1, -0.05) is 29.8 Å². The number of carbonyl (C=O) groups is 1. The highest BCUT2D eigenvalue weighted by molar-refractivity contribution is 6.34. The van der Waals surface area contributed by atoms with Gasteiger partial charge in [0, 0.05) is 11.8 Å². The van der Waals surface area contributed by atoms with Crippen molar-refractivity contribution >= 4 is 23.2 Å². The lowest BCUT2D eigenvalue weighted by Gasteiger charge is -2.10. The van der Waals surface area contributed by atoms with Crippen LogP contribution in [-0.2, 0) is 0 Å². The van der Waals surface area contributed by atoms with E-state index in [0.29, 0.717) is 22.0 Å². The molecule has 19 heavy (non-hydrogen) atoms. The lowest BCUT2D eigenvalue weighted by Crippen LogP contribution is -2.13. The summed E-state index contributed by atoms with van der Waals surface area (Å²) in [5, 5.41) is 3.27. The first-order chi connectivity index (χ1) is 9.11. The number of carbonyl (C=O) groups excluding carboxylic acids is 1. The van der Waals surface area contributed by atoms with Gasteiger partial charge in [-0.25, -0.2) is 0 Å². The minimum Gasteiger partial charge on any atom is -0.497 e. The molecule has 0 saturated carbocycles. The van der Waals surface area contributed by atoms with E-state index >= 15 is 0 Å². The lowest BCUT2D eigenvalue weighted by atomic mass is 10.1. The highest BCUT2D eigenvalue weighted by Crippen LogP contribution is 2.23. The zero-order chi connectivity index (χ0) is 13.8. The van der Waals surface area contributed by atoms with Crippen LogP contribution in [-0.4, -0.2) is 13.0 Å². The molecule has 4 heteroatoms. The Morgan fingerprint density at radius 1 is 1.21 bits per heavy atom. The Kier molecular flexibility index (Phi) is 4.07. The number of benzene rings is 2. The highest BCUT2D eigenvalue weighted by atomic mass is 35.5. The molecule has 98 valence electrons. The van der Waals surface area contributed by atoms with Crippen molar-refractivity contribution in [2.45, 2.75) is 6.92 Å². The molecule has 0 radical (unpaired) electrons. The van der Waals surface area contributed by atoms with Gasteiger partial charge in [-0.15, -0.1) is 0 Å². The van der Waals surface area contributed by atoms with Crippen LogP contribution in [0.1, 0.15) is 15.9 Å². The molecular formula is C15H14ClNO2. The molecule has 0 aliphatic heterocycles. The Morgan fingerprint density at radius 2 is 1.95 bits per heavy atom. The maximum atomic E-state index is 12.2. The zero-order valence-electron chi connectivity index (χ0n) is 10.7. The third-order valence-electron chi connectivity index (χ3n) is 2.81. The van der Waals surface area contributed by atoms with Crippen molar-refractivity contribution in [1.82, 2.24) is 0 Å². The van der Waals surface area contributed by atoms with Crippen LogP contribution in [0.4, 0.5) is 5.69 Å². The molecule has 0 atom stereocenters. The summed E-state index contributed by atoms with van der Waals surface area (Å²) in [4.78, 5) is 12.2. The van der Waals surface area contributed by atoms with Gasteiger partial charge >= 0.3 is 0 Å². The van der Waals surface area contributed by atoms with E-state index in [4.69, 9.17) is 16.3 Å². The van der Waals surface area contributed by atoms with Crippen LogP contribution in [0.5, 0.6) is 5.75 Å². The van der Waals surface area contributed by atoms with Gasteiger partial charge in [-0.05, 0) is 30.7 Å². The summed E-state index contributed by atoms with van der Waals surface area (Å²) in [5.74, 6) is 0.460. The molecule has 0 aliphatic rings. The first-order valence-corrected chi connectivity index (χ1v) is 6.20. The molecule has 2 aromatic rings. The molecule has 0 spiro atoms. The summed E-state index contributed by atoms with van der Waals surface area (Å²) in [6, 6.07) is 12.5. The van der Waals surface area contributed by atoms with Crippen molar-refractivity contribution in [2.75, 3.05) is 12.4 Å². The SMILES string of the molecule is COc1ccc(C)c(NC(=O)c2ccccc2Cl)c1. The van der Waals surface area contributed by atoms with E-state index in [2.05, 4.69) is 5.32 Å². The normalized spacial score (nSPS) is 10.1. The molecule has 0 fully saturated rings. The Bertz CT molecular complexity index is 611. The van der Waals surface area contributed by atoms with Crippen LogP contribution in [0.15, 0.2) is 42.5 Å². The second-order valence-corrected chi connectivity index (χ2v) is 4.52. The van der Waals surface area contributed by atoms with Crippen LogP contribution < -0.4 is 10.1 Å². The van der Waals surface area contributed by atoms with E-state index in [9.17, 15) is 4.79 Å². The molecule has 0 saturated heterocycles. The summed E-state index contributed by atoms with van der Waals surface area (Å²) in [7, 11) is 1.59. The van der Waals surface area contributed by atoms with E-state index < -0.39 is 0 Å². The minimum atomic E-state index is -0.234. The number of ether oxygens (including phenoxy) is 1. The van der Waals surface area contributed by atoms with Crippen LogP contribution >= 0.6 is 11.6 Å². The largest absolute Gasteiger partial charge is 0.497 e. The minimum absolute atomic E-state index is 0.234. The molecule has 0 heterocycles. The molecule has 1 amide bonds. The fourth-order valence-electron chi connectivity index (χ4n) is 1.70. The van der Waals surface area contributed by atoms with Gasteiger partial charge in [-0.3, -0.25) is 4.79 Å². The lowest BCUT2D eigenvalue weighted by molar-refractivity contribution is 0.102. The van der Waals surface area contributed by atoms with Crippen LogP contribution in [0.3, 0.4) is 0 Å². The molecule has 0 unspecified atom stereocenters. The Balaban J connectivity index is 2.26. The van der Waals surface area contributed by atoms with Gasteiger partial charge < -0.3 is 10.1 Å². The number of halogens is 1. The van der Waals surface area contributed by atoms with Crippen molar-refractivity contribution in [2.24, 2.45) is 0 Å². The predicted molar refractivity (Wildman–Crippen MR) is 77.1 cm³/mol. The van der Waals surface area contributed by atoms with E-state index in [0.717, 1.165) is 5.56 Å². The number of hydrogen-bond acceptors (Lipinski definition) is 2. The Labute approximate surface area is 117 Å². The highest BCUT2D eigenvalue weighted by Gasteiger charge is 2.11. The topological polar surface area (TPSA) is 38.3 Å². The van der Waals surface area contributed by atoms with E-state index in [1.54, 1.807) is 37.4 Å². The molecule has 1 N–H and O–H groups in total. The maximum absolute atomic E-state index is 12.2. The van der Waals surface area contributed by atoms with Crippen molar-refractivity contribution in [3.63, 3.8) is 0 Å². The van der Waals surface area contributed by atoms with Crippen LogP contribution in [0, 0.1) is 6.92 Å². The molecule has 3 nitrogen and oxygen atoms in total. The quantitative estimate of drug-likeness (QED) is 0.922. The Morgan fingerprint density at radius 3 is 2.63 bits per heavy atom. The van der Waals surface area contributed by atoms with Crippen molar-refractivity contribution in [3.8, 4) is 5.75 Å². The molecule has 2 aromatic carbocycles. The number of nitrogens with one attached hydrogen (secondary N) is 1. The number of amides is 1. The van der Waals surface area contributed by atoms with Gasteiger partial charge in [0.15, 0.2) is 0 Å². The first-order valence-electron chi connectivity index (χ1n) is 5.82. The third-order valence-corrected chi connectivity index (χ3v) is 3.14. The molecule has 2 rings (SSSR count). The van der Waals surface area contributed by atoms with Gasteiger partial charge in [0.2, 0.25) is 0 Å². The fraction of sp³-hybridized carbons (Fsp3) is 0.133. The molecule has 0 bridgehead atoms. The number of hydrogen-bond donors (Lipinski definition) is 1. The molecule has 0 aromatic heterocycles. The number of aryl methyl sites for hydroxylation is 1. The number of anilines is 1. The van der Waals surface area contributed by atoms with Gasteiger partial charge in [-0.2, -0.15) is 0 Å². The average molecular weight is 276 g/mol. The summed E-state index contributed by atoms with van der Waals surface area (Å²) in [6.07, 6.45) is 0. The maximum Gasteiger partial charge on any atom is 0.257 e. The van der Waals surface area contributed by atoms with E-state index in [-0.39, 0.29) is 5.91 Å². The zero-order valence-corrected chi connectivity index (χ0v) is 11.5. The van der Waals surface area contributed by atoms with Crippen molar-refractivity contribution in [1.29, 1.82) is 0 Å². The summed E-state index contributed by atoms with van der Waals surface area (Å²) < 4.78 is 5.14. The molecule has 0 aliphatic carbocycles. The summed E-state index contributed by atoms with van der Waals surface area (Å²) in [5.41, 5.74) is 2.12. The summed E-state index contributed by atoms with van der Waals surface area (Å²) in [6.45, 7) is 1.92. The van der Waals surface area contributed by atoms with Crippen molar-refractivity contribution in [3.05, 3.63) is 58.6 Å². The van der Waals surface area contributed by atoms with Crippen LogP contribution in [0.2, 0.25) is 5.02 Å². The van der Waals surface area contributed by atoms with Crippen LogP contribution in [0.25, 0.3) is 0 Å². The standard InChI is InChI=1S/C15H14ClNO2/c1-10-7-8-11(19-2)9-14(10)17-15(18)12-5-3-4-6-13(12)16/h3-9H,1-2H3,(H,17,18). The van der Waals surface area contributed by atoms with E-state index in [1.165, 1.54) is 0 Å². The summed E-state index contributed by atoms with van der Waals surface area (Å²) >= 11 is 6.00. The van der Waals surface area contributed by atoms with Gasteiger partial charge in [0.1, 0.15) is 5.75 Å². The average Bonchev–Trinajstić information content (AvgIpc) is 2.41. The third kappa shape index (κ3) is 3.06. The monoisotopic (exact) mass is 275 g/mol. The smallest absolute Gasteiger partial charge is 0.257 e. The first kappa shape index (κ1) is 13.4. The predicted octanol–water partition coefficient (Wildman–Crippen LogP) is 3.91. The number of methoxy groups -OCH3 is 1. The van der Waals surface area contributed by atoms with Gasteiger partial charge in [0.25, 0.3) is 5.91 Å². The van der Waals surface area contributed by atoms with E-state index in [1.807, 2.05) is 19.1 Å². The van der Waals surface area contributed by atoms with Crippen molar-refractivity contribution < 1.29 is 9.53 Å². The Hall–Kier alpha value is -2.00. The fourth-order valence-corrected chi connectivity index (χ4v) is 1.92.